The smallest absolute Gasteiger partial charge is 0.350 e. The summed E-state index contributed by atoms with van der Waals surface area (Å²) in [4.78, 5) is 19.5. The Bertz CT molecular complexity index is 662. The highest BCUT2D eigenvalue weighted by Gasteiger charge is 2.25. The normalized spacial score (nSPS) is 15.4. The molecule has 0 atom stereocenters. The summed E-state index contributed by atoms with van der Waals surface area (Å²) in [5.41, 5.74) is 1.92. The van der Waals surface area contributed by atoms with Gasteiger partial charge in [-0.05, 0) is 19.9 Å². The first-order chi connectivity index (χ1) is 10.2. The summed E-state index contributed by atoms with van der Waals surface area (Å²) in [6.07, 6.45) is 1.79. The van der Waals surface area contributed by atoms with Gasteiger partial charge in [0, 0.05) is 24.7 Å². The monoisotopic (exact) mass is 306 g/mol. The molecule has 0 bridgehead atoms. The van der Waals surface area contributed by atoms with Crippen LogP contribution in [0.3, 0.4) is 0 Å². The second kappa shape index (κ2) is 5.99. The van der Waals surface area contributed by atoms with Gasteiger partial charge in [-0.25, -0.2) is 4.79 Å². The van der Waals surface area contributed by atoms with Gasteiger partial charge < -0.3 is 14.4 Å². The molecule has 1 aliphatic heterocycles. The van der Waals surface area contributed by atoms with Crippen molar-refractivity contribution in [2.45, 2.75) is 13.8 Å². The Morgan fingerprint density at radius 3 is 2.95 bits per heavy atom. The van der Waals surface area contributed by atoms with Gasteiger partial charge in [-0.3, -0.25) is 4.98 Å². The van der Waals surface area contributed by atoms with E-state index in [1.54, 1.807) is 6.20 Å². The van der Waals surface area contributed by atoms with Crippen molar-refractivity contribution in [3.8, 4) is 0 Å². The Labute approximate surface area is 127 Å². The van der Waals surface area contributed by atoms with Crippen LogP contribution in [0.4, 0.5) is 5.69 Å². The van der Waals surface area contributed by atoms with E-state index in [1.807, 2.05) is 19.9 Å². The number of nitrogens with zero attached hydrogens (tertiary/aromatic N) is 2. The molecule has 3 rings (SSSR count). The van der Waals surface area contributed by atoms with E-state index in [-0.39, 0.29) is 5.97 Å². The van der Waals surface area contributed by atoms with E-state index in [2.05, 4.69) is 9.88 Å². The van der Waals surface area contributed by atoms with Crippen molar-refractivity contribution in [3.05, 3.63) is 22.8 Å². The number of hydrogen-bond acceptors (Lipinski definition) is 6. The summed E-state index contributed by atoms with van der Waals surface area (Å²) in [5.74, 6) is -0.250. The van der Waals surface area contributed by atoms with Crippen molar-refractivity contribution in [1.29, 1.82) is 0 Å². The van der Waals surface area contributed by atoms with Crippen molar-refractivity contribution < 1.29 is 14.3 Å². The average molecular weight is 306 g/mol. The fourth-order valence-electron chi connectivity index (χ4n) is 2.58. The van der Waals surface area contributed by atoms with Crippen LogP contribution in [0, 0.1) is 6.92 Å². The number of morpholine rings is 1. The zero-order valence-corrected chi connectivity index (χ0v) is 13.0. The first kappa shape index (κ1) is 14.3. The lowest BCUT2D eigenvalue weighted by Gasteiger charge is -2.29. The summed E-state index contributed by atoms with van der Waals surface area (Å²) >= 11 is 1.47. The molecule has 6 heteroatoms. The Morgan fingerprint density at radius 2 is 2.24 bits per heavy atom. The summed E-state index contributed by atoms with van der Waals surface area (Å²) in [7, 11) is 0. The molecule has 0 saturated carbocycles. The summed E-state index contributed by atoms with van der Waals surface area (Å²) in [6, 6.07) is 1.98. The number of thiophene rings is 1. The van der Waals surface area contributed by atoms with Crippen LogP contribution in [0.25, 0.3) is 10.1 Å². The zero-order valence-electron chi connectivity index (χ0n) is 12.2. The molecular weight excluding hydrogens is 288 g/mol. The molecule has 0 radical (unpaired) electrons. The van der Waals surface area contributed by atoms with Crippen LogP contribution in [-0.2, 0) is 9.47 Å². The lowest BCUT2D eigenvalue weighted by molar-refractivity contribution is 0.0532. The highest BCUT2D eigenvalue weighted by atomic mass is 32.1. The first-order valence-corrected chi connectivity index (χ1v) is 7.92. The van der Waals surface area contributed by atoms with Crippen LogP contribution in [0.2, 0.25) is 0 Å². The van der Waals surface area contributed by atoms with Gasteiger partial charge in [-0.1, -0.05) is 0 Å². The van der Waals surface area contributed by atoms with E-state index in [4.69, 9.17) is 9.47 Å². The fraction of sp³-hybridized carbons (Fsp3) is 0.467. The zero-order chi connectivity index (χ0) is 14.8. The van der Waals surface area contributed by atoms with Crippen LogP contribution < -0.4 is 4.90 Å². The molecule has 0 amide bonds. The Morgan fingerprint density at radius 1 is 1.48 bits per heavy atom. The average Bonchev–Trinajstić information content (AvgIpc) is 2.89. The number of pyridine rings is 1. The van der Waals surface area contributed by atoms with E-state index in [9.17, 15) is 4.79 Å². The minimum absolute atomic E-state index is 0.250. The number of ether oxygens (including phenoxy) is 2. The minimum Gasteiger partial charge on any atom is -0.462 e. The third kappa shape index (κ3) is 2.61. The molecule has 112 valence electrons. The molecule has 2 aromatic rings. The molecular formula is C15H18N2O3S. The highest BCUT2D eigenvalue weighted by molar-refractivity contribution is 7.21. The summed E-state index contributed by atoms with van der Waals surface area (Å²) in [6.45, 7) is 7.13. The van der Waals surface area contributed by atoms with Gasteiger partial charge in [0.2, 0.25) is 0 Å². The minimum atomic E-state index is -0.250. The SMILES string of the molecule is CCOC(=O)c1sc2c(C)nccc2c1N1CCOCC1. The maximum absolute atomic E-state index is 12.3. The van der Waals surface area contributed by atoms with E-state index in [0.717, 1.165) is 34.6 Å². The predicted octanol–water partition coefficient (Wildman–Crippen LogP) is 2.62. The highest BCUT2D eigenvalue weighted by Crippen LogP contribution is 2.40. The van der Waals surface area contributed by atoms with Gasteiger partial charge in [0.05, 0.1) is 35.9 Å². The number of carbonyl (C=O) groups excluding carboxylic acids is 1. The van der Waals surface area contributed by atoms with Crippen molar-refractivity contribution >= 4 is 33.1 Å². The summed E-state index contributed by atoms with van der Waals surface area (Å²) in [5, 5.41) is 1.08. The molecule has 2 aromatic heterocycles. The van der Waals surface area contributed by atoms with Crippen molar-refractivity contribution in [2.75, 3.05) is 37.8 Å². The van der Waals surface area contributed by atoms with Crippen LogP contribution in [0.5, 0.6) is 0 Å². The molecule has 0 N–H and O–H groups in total. The summed E-state index contributed by atoms with van der Waals surface area (Å²) < 4.78 is 11.7. The number of rotatable bonds is 3. The molecule has 0 spiro atoms. The van der Waals surface area contributed by atoms with Gasteiger partial charge in [0.15, 0.2) is 0 Å². The largest absolute Gasteiger partial charge is 0.462 e. The van der Waals surface area contributed by atoms with E-state index in [1.165, 1.54) is 11.3 Å². The van der Waals surface area contributed by atoms with E-state index < -0.39 is 0 Å². The van der Waals surface area contributed by atoms with Gasteiger partial charge in [0.25, 0.3) is 0 Å². The fourth-order valence-corrected chi connectivity index (χ4v) is 3.73. The number of esters is 1. The Kier molecular flexibility index (Phi) is 4.07. The topological polar surface area (TPSA) is 51.7 Å². The van der Waals surface area contributed by atoms with E-state index in [0.29, 0.717) is 24.7 Å². The maximum atomic E-state index is 12.3. The molecule has 21 heavy (non-hydrogen) atoms. The molecule has 3 heterocycles. The quantitative estimate of drug-likeness (QED) is 0.816. The molecule has 0 aromatic carbocycles. The second-order valence-corrected chi connectivity index (χ2v) is 5.89. The first-order valence-electron chi connectivity index (χ1n) is 7.10. The molecule has 5 nitrogen and oxygen atoms in total. The third-order valence-electron chi connectivity index (χ3n) is 3.55. The van der Waals surface area contributed by atoms with Gasteiger partial charge in [-0.15, -0.1) is 11.3 Å². The van der Waals surface area contributed by atoms with E-state index >= 15 is 0 Å². The number of fused-ring (bicyclic) bond motifs is 1. The Hall–Kier alpha value is -1.66. The van der Waals surface area contributed by atoms with Crippen LogP contribution >= 0.6 is 11.3 Å². The number of anilines is 1. The van der Waals surface area contributed by atoms with Gasteiger partial charge in [-0.2, -0.15) is 0 Å². The number of aromatic nitrogens is 1. The maximum Gasteiger partial charge on any atom is 0.350 e. The van der Waals surface area contributed by atoms with Gasteiger partial charge in [0.1, 0.15) is 4.88 Å². The van der Waals surface area contributed by atoms with Crippen LogP contribution in [-0.4, -0.2) is 43.9 Å². The Balaban J connectivity index is 2.15. The third-order valence-corrected chi connectivity index (χ3v) is 4.83. The molecule has 0 unspecified atom stereocenters. The number of aryl methyl sites for hydroxylation is 1. The molecule has 1 aliphatic rings. The van der Waals surface area contributed by atoms with Crippen LogP contribution in [0.15, 0.2) is 12.3 Å². The molecule has 0 aliphatic carbocycles. The van der Waals surface area contributed by atoms with Crippen LogP contribution in [0.1, 0.15) is 22.3 Å². The second-order valence-electron chi connectivity index (χ2n) is 4.87. The van der Waals surface area contributed by atoms with Gasteiger partial charge >= 0.3 is 5.97 Å². The lowest BCUT2D eigenvalue weighted by Crippen LogP contribution is -2.36. The number of carbonyl (C=O) groups is 1. The molecule has 1 fully saturated rings. The van der Waals surface area contributed by atoms with Crippen molar-refractivity contribution in [1.82, 2.24) is 4.98 Å². The molecule has 1 saturated heterocycles. The standard InChI is InChI=1S/C15H18N2O3S/c1-3-20-15(18)14-12(17-6-8-19-9-7-17)11-4-5-16-10(2)13(11)21-14/h4-5H,3,6-9H2,1-2H3. The van der Waals surface area contributed by atoms with Crippen molar-refractivity contribution in [3.63, 3.8) is 0 Å². The lowest BCUT2D eigenvalue weighted by atomic mass is 10.2. The number of hydrogen-bond donors (Lipinski definition) is 0. The van der Waals surface area contributed by atoms with Crippen molar-refractivity contribution in [2.24, 2.45) is 0 Å². The predicted molar refractivity (Wildman–Crippen MR) is 83.3 cm³/mol.